The van der Waals surface area contributed by atoms with Crippen LogP contribution >= 0.6 is 12.2 Å². The first kappa shape index (κ1) is 13.3. The lowest BCUT2D eigenvalue weighted by Crippen LogP contribution is -2.23. The summed E-state index contributed by atoms with van der Waals surface area (Å²) in [6.45, 7) is 4.16. The van der Waals surface area contributed by atoms with Gasteiger partial charge < -0.3 is 11.1 Å². The molecule has 1 heterocycles. The number of thiocarbonyl (C=S) groups is 1. The van der Waals surface area contributed by atoms with Crippen LogP contribution in [0.1, 0.15) is 43.9 Å². The third kappa shape index (κ3) is 2.83. The van der Waals surface area contributed by atoms with Crippen molar-refractivity contribution in [2.75, 3.05) is 5.32 Å². The van der Waals surface area contributed by atoms with Crippen molar-refractivity contribution < 1.29 is 0 Å². The Morgan fingerprint density at radius 2 is 2.28 bits per heavy atom. The highest BCUT2D eigenvalue weighted by Gasteiger charge is 2.26. The van der Waals surface area contributed by atoms with E-state index in [-0.39, 0.29) is 0 Å². The van der Waals surface area contributed by atoms with Crippen molar-refractivity contribution in [1.29, 1.82) is 0 Å². The molecule has 5 heteroatoms. The molecule has 1 aromatic heterocycles. The van der Waals surface area contributed by atoms with Crippen molar-refractivity contribution in [3.8, 4) is 0 Å². The predicted octanol–water partition coefficient (Wildman–Crippen LogP) is 2.35. The number of aryl methyl sites for hydroxylation is 2. The van der Waals surface area contributed by atoms with E-state index < -0.39 is 0 Å². The van der Waals surface area contributed by atoms with Gasteiger partial charge in [-0.3, -0.25) is 4.68 Å². The predicted molar refractivity (Wildman–Crippen MR) is 78.9 cm³/mol. The van der Waals surface area contributed by atoms with Gasteiger partial charge in [0.15, 0.2) is 0 Å². The Morgan fingerprint density at radius 3 is 2.78 bits per heavy atom. The minimum atomic E-state index is 0.421. The fraction of sp³-hybridized carbons (Fsp3) is 0.692. The Labute approximate surface area is 114 Å². The van der Waals surface area contributed by atoms with Crippen LogP contribution in [0, 0.1) is 12.8 Å². The van der Waals surface area contributed by atoms with Gasteiger partial charge in [-0.1, -0.05) is 32.0 Å². The third-order valence-electron chi connectivity index (χ3n) is 3.62. The molecule has 1 atom stereocenters. The van der Waals surface area contributed by atoms with E-state index in [2.05, 4.69) is 17.3 Å². The fourth-order valence-corrected chi connectivity index (χ4v) is 2.64. The molecule has 4 nitrogen and oxygen atoms in total. The topological polar surface area (TPSA) is 55.9 Å². The molecule has 0 radical (unpaired) electrons. The normalized spacial score (nSPS) is 16.6. The number of nitrogens with one attached hydrogen (secondary N) is 1. The van der Waals surface area contributed by atoms with Gasteiger partial charge in [0.1, 0.15) is 10.8 Å². The fourth-order valence-electron chi connectivity index (χ4n) is 2.40. The average Bonchev–Trinajstić information content (AvgIpc) is 3.05. The summed E-state index contributed by atoms with van der Waals surface area (Å²) in [5, 5.41) is 7.97. The zero-order valence-corrected chi connectivity index (χ0v) is 12.2. The van der Waals surface area contributed by atoms with Gasteiger partial charge in [0.25, 0.3) is 0 Å². The number of nitrogens with zero attached hydrogens (tertiary/aromatic N) is 2. The monoisotopic (exact) mass is 266 g/mol. The van der Waals surface area contributed by atoms with Crippen LogP contribution in [0.15, 0.2) is 0 Å². The quantitative estimate of drug-likeness (QED) is 0.776. The Balaban J connectivity index is 2.17. The van der Waals surface area contributed by atoms with E-state index in [1.165, 1.54) is 19.3 Å². The molecule has 1 aromatic rings. The Bertz CT molecular complexity index is 448. The molecule has 0 aliphatic heterocycles. The maximum Gasteiger partial charge on any atom is 0.134 e. The maximum absolute atomic E-state index is 5.80. The second-order valence-electron chi connectivity index (χ2n) is 5.23. The van der Waals surface area contributed by atoms with E-state index in [0.29, 0.717) is 11.0 Å². The van der Waals surface area contributed by atoms with Crippen molar-refractivity contribution in [1.82, 2.24) is 9.78 Å². The van der Waals surface area contributed by atoms with E-state index in [1.807, 2.05) is 18.7 Å². The number of nitrogens with two attached hydrogens (primary N) is 1. The average molecular weight is 266 g/mol. The van der Waals surface area contributed by atoms with Crippen molar-refractivity contribution in [3.63, 3.8) is 0 Å². The molecule has 0 aromatic carbocycles. The van der Waals surface area contributed by atoms with Gasteiger partial charge in [0.2, 0.25) is 0 Å². The van der Waals surface area contributed by atoms with Crippen LogP contribution in [-0.2, 0) is 7.05 Å². The molecule has 0 spiro atoms. The number of hydrogen-bond donors (Lipinski definition) is 2. The first-order valence-electron chi connectivity index (χ1n) is 6.62. The zero-order chi connectivity index (χ0) is 13.3. The third-order valence-corrected chi connectivity index (χ3v) is 3.82. The summed E-state index contributed by atoms with van der Waals surface area (Å²) in [5.74, 6) is 1.87. The van der Waals surface area contributed by atoms with Gasteiger partial charge in [-0.05, 0) is 25.7 Å². The summed E-state index contributed by atoms with van der Waals surface area (Å²) in [6, 6.07) is 0.486. The van der Waals surface area contributed by atoms with Crippen molar-refractivity contribution in [2.45, 2.75) is 45.6 Å². The minimum absolute atomic E-state index is 0.421. The molecule has 18 heavy (non-hydrogen) atoms. The molecular weight excluding hydrogens is 244 g/mol. The van der Waals surface area contributed by atoms with Gasteiger partial charge in [0.05, 0.1) is 11.3 Å². The Morgan fingerprint density at radius 1 is 1.61 bits per heavy atom. The SMILES string of the molecule is CCC(CC1CC1)Nc1c(C(N)=S)c(C)nn1C. The highest BCUT2D eigenvalue weighted by molar-refractivity contribution is 7.80. The molecule has 0 amide bonds. The van der Waals surface area contributed by atoms with E-state index >= 15 is 0 Å². The molecule has 1 fully saturated rings. The van der Waals surface area contributed by atoms with Crippen LogP contribution in [-0.4, -0.2) is 20.8 Å². The highest BCUT2D eigenvalue weighted by Crippen LogP contribution is 2.35. The summed E-state index contributed by atoms with van der Waals surface area (Å²) in [7, 11) is 1.93. The summed E-state index contributed by atoms with van der Waals surface area (Å²) in [4.78, 5) is 0.421. The van der Waals surface area contributed by atoms with E-state index in [9.17, 15) is 0 Å². The first-order chi connectivity index (χ1) is 8.52. The molecular formula is C13H22N4S. The Hall–Kier alpha value is -1.10. The molecule has 3 N–H and O–H groups in total. The van der Waals surface area contributed by atoms with E-state index in [4.69, 9.17) is 18.0 Å². The molecule has 1 aliphatic rings. The van der Waals surface area contributed by atoms with Crippen LogP contribution in [0.2, 0.25) is 0 Å². The van der Waals surface area contributed by atoms with Crippen LogP contribution in [0.4, 0.5) is 5.82 Å². The number of aromatic nitrogens is 2. The smallest absolute Gasteiger partial charge is 0.134 e. The molecule has 1 unspecified atom stereocenters. The molecule has 100 valence electrons. The molecule has 2 rings (SSSR count). The van der Waals surface area contributed by atoms with Crippen LogP contribution in [0.5, 0.6) is 0 Å². The lowest BCUT2D eigenvalue weighted by atomic mass is 10.1. The van der Waals surface area contributed by atoms with E-state index in [0.717, 1.165) is 29.4 Å². The second-order valence-corrected chi connectivity index (χ2v) is 5.67. The molecule has 1 saturated carbocycles. The molecule has 0 saturated heterocycles. The van der Waals surface area contributed by atoms with Gasteiger partial charge in [-0.15, -0.1) is 0 Å². The van der Waals surface area contributed by atoms with Crippen LogP contribution in [0.3, 0.4) is 0 Å². The standard InChI is InChI=1S/C13H22N4S/c1-4-10(7-9-5-6-9)15-13-11(12(14)18)8(2)16-17(13)3/h9-10,15H,4-7H2,1-3H3,(H2,14,18). The summed E-state index contributed by atoms with van der Waals surface area (Å²) in [5.41, 5.74) is 7.59. The first-order valence-corrected chi connectivity index (χ1v) is 7.03. The second kappa shape index (κ2) is 5.26. The Kier molecular flexibility index (Phi) is 3.90. The lowest BCUT2D eigenvalue weighted by molar-refractivity contribution is 0.579. The van der Waals surface area contributed by atoms with Gasteiger partial charge in [-0.2, -0.15) is 5.10 Å². The van der Waals surface area contributed by atoms with Crippen LogP contribution < -0.4 is 11.1 Å². The van der Waals surface area contributed by atoms with Gasteiger partial charge >= 0.3 is 0 Å². The number of anilines is 1. The highest BCUT2D eigenvalue weighted by atomic mass is 32.1. The van der Waals surface area contributed by atoms with Gasteiger partial charge in [0, 0.05) is 13.1 Å². The maximum atomic E-state index is 5.80. The van der Waals surface area contributed by atoms with E-state index in [1.54, 1.807) is 0 Å². The lowest BCUT2D eigenvalue weighted by Gasteiger charge is -2.19. The van der Waals surface area contributed by atoms with Gasteiger partial charge in [-0.25, -0.2) is 0 Å². The van der Waals surface area contributed by atoms with Crippen molar-refractivity contribution in [2.24, 2.45) is 18.7 Å². The molecule has 1 aliphatic carbocycles. The molecule has 0 bridgehead atoms. The largest absolute Gasteiger partial charge is 0.389 e. The summed E-state index contributed by atoms with van der Waals surface area (Å²) in [6.07, 6.45) is 5.10. The minimum Gasteiger partial charge on any atom is -0.389 e. The number of rotatable bonds is 6. The summed E-state index contributed by atoms with van der Waals surface area (Å²) >= 11 is 5.12. The van der Waals surface area contributed by atoms with Crippen LogP contribution in [0.25, 0.3) is 0 Å². The zero-order valence-electron chi connectivity index (χ0n) is 11.4. The summed E-state index contributed by atoms with van der Waals surface area (Å²) < 4.78 is 1.85. The van der Waals surface area contributed by atoms with Crippen molar-refractivity contribution in [3.05, 3.63) is 11.3 Å². The number of hydrogen-bond acceptors (Lipinski definition) is 3. The van der Waals surface area contributed by atoms with Crippen molar-refractivity contribution >= 4 is 23.0 Å².